The summed E-state index contributed by atoms with van der Waals surface area (Å²) in [6.45, 7) is 19.0. The third kappa shape index (κ3) is 29.8. The van der Waals surface area contributed by atoms with E-state index in [1.54, 1.807) is 0 Å². The number of hydrogen-bond acceptors (Lipinski definition) is 0. The third-order valence-electron chi connectivity index (χ3n) is 8.18. The summed E-state index contributed by atoms with van der Waals surface area (Å²) in [5, 5.41) is 0. The molecule has 0 aliphatic heterocycles. The summed E-state index contributed by atoms with van der Waals surface area (Å²) in [4.78, 5) is 0. The molecule has 0 N–H and O–H groups in total. The molecule has 0 fully saturated rings. The highest BCUT2D eigenvalue weighted by atomic mass is 13.9. The van der Waals surface area contributed by atoms with Crippen molar-refractivity contribution in [2.24, 2.45) is 0 Å². The molecule has 0 aliphatic carbocycles. The van der Waals surface area contributed by atoms with E-state index in [4.69, 9.17) is 0 Å². The fraction of sp³-hybridized carbons (Fsp3) is 0.158. The van der Waals surface area contributed by atoms with Gasteiger partial charge in [-0.3, -0.25) is 0 Å². The van der Waals surface area contributed by atoms with Crippen molar-refractivity contribution in [1.82, 2.24) is 0 Å². The van der Waals surface area contributed by atoms with Gasteiger partial charge >= 0.3 is 0 Å². The van der Waals surface area contributed by atoms with Crippen LogP contribution in [0.1, 0.15) is 50.1 Å². The van der Waals surface area contributed by atoms with Gasteiger partial charge in [-0.25, -0.2) is 0 Å². The summed E-state index contributed by atoms with van der Waals surface area (Å²) in [6, 6.07) is 79.9. The van der Waals surface area contributed by atoms with Crippen molar-refractivity contribution in [2.75, 3.05) is 0 Å². The normalized spacial score (nSPS) is 8.79. The minimum atomic E-state index is 1.32. The summed E-state index contributed by atoms with van der Waals surface area (Å²) in [5.41, 5.74) is 12.1. The molecule has 0 heteroatoms. The molecule has 0 amide bonds. The van der Waals surface area contributed by atoms with Gasteiger partial charge in [-0.1, -0.05) is 264 Å². The van der Waals surface area contributed by atoms with Crippen LogP contribution in [0.15, 0.2) is 237 Å². The maximum Gasteiger partial charge on any atom is -0.0395 e. The summed E-state index contributed by atoms with van der Waals surface area (Å²) < 4.78 is 0. The molecule has 8 aromatic carbocycles. The molecule has 0 bridgehead atoms. The van der Waals surface area contributed by atoms with Crippen LogP contribution in [0.25, 0.3) is 0 Å². The predicted molar refractivity (Wildman–Crippen MR) is 254 cm³/mol. The van der Waals surface area contributed by atoms with Crippen LogP contribution in [0, 0.1) is 62.3 Å². The van der Waals surface area contributed by atoms with Crippen molar-refractivity contribution >= 4 is 0 Å². The molecule has 0 aromatic heterocycles. The van der Waals surface area contributed by atoms with Crippen LogP contribution in [-0.2, 0) is 0 Å². The van der Waals surface area contributed by atoms with Gasteiger partial charge in [-0.05, 0) is 84.6 Å². The number of hydrogen-bond donors (Lipinski definition) is 0. The fourth-order valence-electron chi connectivity index (χ4n) is 4.46. The van der Waals surface area contributed by atoms with Crippen LogP contribution in [-0.4, -0.2) is 0 Å². The fourth-order valence-corrected chi connectivity index (χ4v) is 4.46. The largest absolute Gasteiger partial charge is 0.0623 e. The molecule has 0 saturated carbocycles. The van der Waals surface area contributed by atoms with Gasteiger partial charge in [0, 0.05) is 0 Å². The zero-order chi connectivity index (χ0) is 41.8. The van der Waals surface area contributed by atoms with Crippen LogP contribution in [0.3, 0.4) is 0 Å². The van der Waals surface area contributed by atoms with Crippen LogP contribution < -0.4 is 0 Å². The summed E-state index contributed by atoms with van der Waals surface area (Å²) in [7, 11) is 0. The molecule has 0 nitrogen and oxygen atoms in total. The molecule has 0 unspecified atom stereocenters. The van der Waals surface area contributed by atoms with Gasteiger partial charge in [0.2, 0.25) is 0 Å². The molecule has 0 radical (unpaired) electrons. The number of rotatable bonds is 0. The monoisotopic (exact) mass is 751 g/mol. The van der Waals surface area contributed by atoms with Crippen LogP contribution in [0.2, 0.25) is 0 Å². The Morgan fingerprint density at radius 3 is 0.491 bits per heavy atom. The second-order valence-corrected chi connectivity index (χ2v) is 13.6. The van der Waals surface area contributed by atoms with Crippen LogP contribution >= 0.6 is 0 Å². The van der Waals surface area contributed by atoms with E-state index in [0.717, 1.165) is 0 Å². The molecule has 8 rings (SSSR count). The number of benzene rings is 8. The Morgan fingerprint density at radius 2 is 0.333 bits per heavy atom. The maximum absolute atomic E-state index is 2.17. The Morgan fingerprint density at radius 1 is 0.158 bits per heavy atom. The minimum Gasteiger partial charge on any atom is -0.0623 e. The van der Waals surface area contributed by atoms with Gasteiger partial charge in [0.1, 0.15) is 0 Å². The topological polar surface area (TPSA) is 0 Å². The van der Waals surface area contributed by atoms with Crippen molar-refractivity contribution in [3.63, 3.8) is 0 Å². The molecule has 0 aliphatic rings. The highest BCUT2D eigenvalue weighted by Crippen LogP contribution is 2.04. The summed E-state index contributed by atoms with van der Waals surface area (Å²) >= 11 is 0. The highest BCUT2D eigenvalue weighted by Gasteiger charge is 1.85. The van der Waals surface area contributed by atoms with Crippen molar-refractivity contribution in [2.45, 2.75) is 62.3 Å². The molecule has 0 heterocycles. The minimum absolute atomic E-state index is 1.32. The molecular formula is C57H66. The van der Waals surface area contributed by atoms with E-state index in [1.807, 2.05) is 127 Å². The number of aryl methyl sites for hydroxylation is 9. The molecule has 8 aromatic rings. The molecule has 57 heavy (non-hydrogen) atoms. The average molecular weight is 751 g/mol. The first-order chi connectivity index (χ1) is 27.6. The summed E-state index contributed by atoms with van der Waals surface area (Å²) in [6.07, 6.45) is 0. The SMILES string of the molecule is Cc1ccc(C)cc1.Cc1cccc(C)c1.Cc1ccccc1.Cc1ccccc1C.Cc1ccccc1C.c1ccccc1.c1ccccc1.c1ccccc1. The zero-order valence-electron chi connectivity index (χ0n) is 36.0. The lowest BCUT2D eigenvalue weighted by molar-refractivity contribution is 1.34. The van der Waals surface area contributed by atoms with E-state index in [2.05, 4.69) is 172 Å². The van der Waals surface area contributed by atoms with Crippen LogP contribution in [0.5, 0.6) is 0 Å². The predicted octanol–water partition coefficient (Wildman–Crippen LogP) is 16.3. The van der Waals surface area contributed by atoms with E-state index in [9.17, 15) is 0 Å². The van der Waals surface area contributed by atoms with E-state index in [0.29, 0.717) is 0 Å². The van der Waals surface area contributed by atoms with Gasteiger partial charge < -0.3 is 0 Å². The first-order valence-corrected chi connectivity index (χ1v) is 19.7. The first kappa shape index (κ1) is 48.8. The quantitative estimate of drug-likeness (QED) is 0.145. The van der Waals surface area contributed by atoms with Crippen molar-refractivity contribution in [1.29, 1.82) is 0 Å². The van der Waals surface area contributed by atoms with Gasteiger partial charge in [0.05, 0.1) is 0 Å². The molecule has 0 spiro atoms. The highest BCUT2D eigenvalue weighted by molar-refractivity contribution is 5.24. The Balaban J connectivity index is 0.000000327. The lowest BCUT2D eigenvalue weighted by Gasteiger charge is -1.93. The Bertz CT molecular complexity index is 1750. The lowest BCUT2D eigenvalue weighted by atomic mass is 10.1. The van der Waals surface area contributed by atoms with E-state index in [1.165, 1.54) is 50.1 Å². The lowest BCUT2D eigenvalue weighted by Crippen LogP contribution is -1.74. The van der Waals surface area contributed by atoms with Crippen molar-refractivity contribution in [3.05, 3.63) is 287 Å². The van der Waals surface area contributed by atoms with Gasteiger partial charge in [-0.2, -0.15) is 0 Å². The second kappa shape index (κ2) is 33.1. The Kier molecular flexibility index (Phi) is 28.3. The smallest absolute Gasteiger partial charge is 0.0395 e. The third-order valence-corrected chi connectivity index (χ3v) is 8.18. The molecule has 0 saturated heterocycles. The van der Waals surface area contributed by atoms with Crippen molar-refractivity contribution in [3.8, 4) is 0 Å². The van der Waals surface area contributed by atoms with Gasteiger partial charge in [-0.15, -0.1) is 0 Å². The Hall–Kier alpha value is -6.24. The average Bonchev–Trinajstić information content (AvgIpc) is 3.25. The summed E-state index contributed by atoms with van der Waals surface area (Å²) in [5.74, 6) is 0. The maximum atomic E-state index is 2.17. The standard InChI is InChI=1S/4C8H10.C7H8.3C6H6/c1-7-3-5-8(2)6-4-7;1-7-4-3-5-8(2)6-7;2*1-7-5-3-4-6-8(7)2;1-7-5-3-2-4-6-7;3*1-2-4-6-5-3-1/h4*3-6H,1-2H3;2-6H,1H3;3*1-6H. The van der Waals surface area contributed by atoms with E-state index >= 15 is 0 Å². The van der Waals surface area contributed by atoms with E-state index < -0.39 is 0 Å². The van der Waals surface area contributed by atoms with Crippen molar-refractivity contribution < 1.29 is 0 Å². The molecule has 0 atom stereocenters. The molecule has 294 valence electrons. The van der Waals surface area contributed by atoms with Gasteiger partial charge in [0.25, 0.3) is 0 Å². The second-order valence-electron chi connectivity index (χ2n) is 13.6. The zero-order valence-corrected chi connectivity index (χ0v) is 36.0. The van der Waals surface area contributed by atoms with E-state index in [-0.39, 0.29) is 0 Å². The molecular weight excluding hydrogens is 685 g/mol. The Labute approximate surface area is 347 Å². The van der Waals surface area contributed by atoms with Gasteiger partial charge in [0.15, 0.2) is 0 Å². The first-order valence-electron chi connectivity index (χ1n) is 19.7. The van der Waals surface area contributed by atoms with Crippen LogP contribution in [0.4, 0.5) is 0 Å².